The summed E-state index contributed by atoms with van der Waals surface area (Å²) in [5, 5.41) is 0. The normalized spacial score (nSPS) is 11.2. The number of rotatable bonds is 27. The Labute approximate surface area is 218 Å². The van der Waals surface area contributed by atoms with E-state index in [1.807, 2.05) is 0 Å². The van der Waals surface area contributed by atoms with Gasteiger partial charge in [0, 0.05) is 12.8 Å². The standard InChI is InChI=1S/C31H60O4/c1-4-7-8-9-10-11-12-13-14-15-16-17-18-19-20-21-27-34-30(32)25-22-26-31(33)35-28-29(23-5-2)24-6-3/h29H,4-28H2,1-3H3. The molecular weight excluding hydrogens is 436 g/mol. The van der Waals surface area contributed by atoms with E-state index in [1.165, 1.54) is 89.9 Å². The molecule has 0 aliphatic rings. The van der Waals surface area contributed by atoms with Crippen LogP contribution in [0.5, 0.6) is 0 Å². The molecule has 0 rings (SSSR count). The summed E-state index contributed by atoms with van der Waals surface area (Å²) in [6.07, 6.45) is 27.0. The van der Waals surface area contributed by atoms with Crippen molar-refractivity contribution in [1.82, 2.24) is 0 Å². The predicted molar refractivity (Wildman–Crippen MR) is 149 cm³/mol. The van der Waals surface area contributed by atoms with Crippen LogP contribution < -0.4 is 0 Å². The Morgan fingerprint density at radius 1 is 0.486 bits per heavy atom. The van der Waals surface area contributed by atoms with E-state index in [4.69, 9.17) is 9.47 Å². The lowest BCUT2D eigenvalue weighted by molar-refractivity contribution is -0.146. The van der Waals surface area contributed by atoms with E-state index in [0.717, 1.165) is 38.5 Å². The maximum Gasteiger partial charge on any atom is 0.305 e. The van der Waals surface area contributed by atoms with E-state index < -0.39 is 0 Å². The highest BCUT2D eigenvalue weighted by molar-refractivity contribution is 5.72. The molecule has 0 aliphatic carbocycles. The molecule has 0 aromatic carbocycles. The fourth-order valence-corrected chi connectivity index (χ4v) is 4.70. The van der Waals surface area contributed by atoms with Crippen LogP contribution in [0.15, 0.2) is 0 Å². The SMILES string of the molecule is CCCCCCCCCCCCCCCCCCOC(=O)CCCC(=O)OCC(CCC)CCC. The van der Waals surface area contributed by atoms with Crippen LogP contribution in [0.2, 0.25) is 0 Å². The number of carbonyl (C=O) groups excluding carboxylic acids is 2. The molecule has 0 fully saturated rings. The molecule has 0 unspecified atom stereocenters. The molecule has 0 aliphatic heterocycles. The number of ether oxygens (including phenoxy) is 2. The molecule has 0 aromatic rings. The summed E-state index contributed by atoms with van der Waals surface area (Å²) in [7, 11) is 0. The Hall–Kier alpha value is -1.06. The lowest BCUT2D eigenvalue weighted by Gasteiger charge is -2.15. The topological polar surface area (TPSA) is 52.6 Å². The Morgan fingerprint density at radius 3 is 1.31 bits per heavy atom. The second-order valence-electron chi connectivity index (χ2n) is 10.5. The second kappa shape index (κ2) is 27.5. The summed E-state index contributed by atoms with van der Waals surface area (Å²) in [4.78, 5) is 23.7. The van der Waals surface area contributed by atoms with Crippen LogP contribution in [0.3, 0.4) is 0 Å². The van der Waals surface area contributed by atoms with Crippen molar-refractivity contribution in [2.75, 3.05) is 13.2 Å². The largest absolute Gasteiger partial charge is 0.466 e. The Bertz CT molecular complexity index is 457. The predicted octanol–water partition coefficient (Wildman–Crippen LogP) is 9.72. The van der Waals surface area contributed by atoms with Gasteiger partial charge in [0.15, 0.2) is 0 Å². The van der Waals surface area contributed by atoms with Crippen molar-refractivity contribution in [2.45, 2.75) is 168 Å². The summed E-state index contributed by atoms with van der Waals surface area (Å²) in [6.45, 7) is 7.63. The van der Waals surface area contributed by atoms with Gasteiger partial charge < -0.3 is 9.47 Å². The van der Waals surface area contributed by atoms with Crippen molar-refractivity contribution >= 4 is 11.9 Å². The first-order valence-electron chi connectivity index (χ1n) is 15.4. The lowest BCUT2D eigenvalue weighted by atomic mass is 9.99. The molecule has 0 aromatic heterocycles. The van der Waals surface area contributed by atoms with Gasteiger partial charge in [-0.05, 0) is 31.6 Å². The van der Waals surface area contributed by atoms with Gasteiger partial charge in [-0.3, -0.25) is 9.59 Å². The van der Waals surface area contributed by atoms with Crippen LogP contribution in [0.25, 0.3) is 0 Å². The zero-order valence-corrected chi connectivity index (χ0v) is 23.9. The van der Waals surface area contributed by atoms with Crippen LogP contribution in [0, 0.1) is 5.92 Å². The molecule has 0 N–H and O–H groups in total. The number of unbranched alkanes of at least 4 members (excludes halogenated alkanes) is 15. The number of carbonyl (C=O) groups is 2. The van der Waals surface area contributed by atoms with Gasteiger partial charge in [-0.2, -0.15) is 0 Å². The van der Waals surface area contributed by atoms with Crippen molar-refractivity contribution in [3.05, 3.63) is 0 Å². The maximum absolute atomic E-state index is 11.9. The number of esters is 2. The molecule has 0 saturated heterocycles. The van der Waals surface area contributed by atoms with Crippen LogP contribution in [0.4, 0.5) is 0 Å². The van der Waals surface area contributed by atoms with E-state index >= 15 is 0 Å². The summed E-state index contributed by atoms with van der Waals surface area (Å²) < 4.78 is 10.7. The fraction of sp³-hybridized carbons (Fsp3) is 0.935. The minimum absolute atomic E-state index is 0.186. The zero-order chi connectivity index (χ0) is 25.8. The van der Waals surface area contributed by atoms with Crippen LogP contribution >= 0.6 is 0 Å². The molecule has 35 heavy (non-hydrogen) atoms. The summed E-state index contributed by atoms with van der Waals surface area (Å²) >= 11 is 0. The van der Waals surface area contributed by atoms with Crippen molar-refractivity contribution in [3.63, 3.8) is 0 Å². The van der Waals surface area contributed by atoms with Gasteiger partial charge in [0.25, 0.3) is 0 Å². The third-order valence-electron chi connectivity index (χ3n) is 6.90. The van der Waals surface area contributed by atoms with Gasteiger partial charge in [0.05, 0.1) is 13.2 Å². The first-order chi connectivity index (χ1) is 17.1. The first kappa shape index (κ1) is 33.9. The van der Waals surface area contributed by atoms with Crippen molar-refractivity contribution < 1.29 is 19.1 Å². The molecule has 0 bridgehead atoms. The highest BCUT2D eigenvalue weighted by Gasteiger charge is 2.11. The Kier molecular flexibility index (Phi) is 26.7. The van der Waals surface area contributed by atoms with Gasteiger partial charge >= 0.3 is 11.9 Å². The highest BCUT2D eigenvalue weighted by atomic mass is 16.5. The van der Waals surface area contributed by atoms with Crippen molar-refractivity contribution in [1.29, 1.82) is 0 Å². The van der Waals surface area contributed by atoms with Gasteiger partial charge in [0.2, 0.25) is 0 Å². The molecule has 0 saturated carbocycles. The average molecular weight is 497 g/mol. The summed E-state index contributed by atoms with van der Waals surface area (Å²) in [5.74, 6) is 0.0973. The van der Waals surface area contributed by atoms with Gasteiger partial charge in [0.1, 0.15) is 0 Å². The molecule has 0 heterocycles. The van der Waals surface area contributed by atoms with Crippen LogP contribution in [-0.4, -0.2) is 25.2 Å². The molecule has 4 heteroatoms. The molecule has 0 atom stereocenters. The monoisotopic (exact) mass is 496 g/mol. The Morgan fingerprint density at radius 2 is 0.886 bits per heavy atom. The van der Waals surface area contributed by atoms with E-state index in [-0.39, 0.29) is 11.9 Å². The second-order valence-corrected chi connectivity index (χ2v) is 10.5. The van der Waals surface area contributed by atoms with Crippen LogP contribution in [0.1, 0.15) is 168 Å². The lowest BCUT2D eigenvalue weighted by Crippen LogP contribution is -2.14. The average Bonchev–Trinajstić information content (AvgIpc) is 2.84. The number of hydrogen-bond donors (Lipinski definition) is 0. The summed E-state index contributed by atoms with van der Waals surface area (Å²) in [6, 6.07) is 0. The first-order valence-corrected chi connectivity index (χ1v) is 15.4. The minimum Gasteiger partial charge on any atom is -0.466 e. The van der Waals surface area contributed by atoms with Gasteiger partial charge in [-0.1, -0.05) is 130 Å². The molecular formula is C31H60O4. The maximum atomic E-state index is 11.9. The Balaban J connectivity index is 3.36. The van der Waals surface area contributed by atoms with E-state index in [9.17, 15) is 9.59 Å². The molecule has 208 valence electrons. The quantitative estimate of drug-likeness (QED) is 0.0838. The molecule has 4 nitrogen and oxygen atoms in total. The number of hydrogen-bond acceptors (Lipinski definition) is 4. The summed E-state index contributed by atoms with van der Waals surface area (Å²) in [5.41, 5.74) is 0. The van der Waals surface area contributed by atoms with Crippen molar-refractivity contribution in [2.24, 2.45) is 5.92 Å². The highest BCUT2D eigenvalue weighted by Crippen LogP contribution is 2.15. The van der Waals surface area contributed by atoms with Crippen molar-refractivity contribution in [3.8, 4) is 0 Å². The third kappa shape index (κ3) is 25.8. The van der Waals surface area contributed by atoms with Crippen LogP contribution in [-0.2, 0) is 19.1 Å². The smallest absolute Gasteiger partial charge is 0.305 e. The van der Waals surface area contributed by atoms with Gasteiger partial charge in [-0.25, -0.2) is 0 Å². The third-order valence-corrected chi connectivity index (χ3v) is 6.90. The zero-order valence-electron chi connectivity index (χ0n) is 23.9. The van der Waals surface area contributed by atoms with E-state index in [1.54, 1.807) is 0 Å². The molecule has 0 amide bonds. The molecule has 0 radical (unpaired) electrons. The van der Waals surface area contributed by atoms with E-state index in [2.05, 4.69) is 20.8 Å². The van der Waals surface area contributed by atoms with E-state index in [0.29, 0.717) is 38.4 Å². The fourth-order valence-electron chi connectivity index (χ4n) is 4.70. The van der Waals surface area contributed by atoms with Gasteiger partial charge in [-0.15, -0.1) is 0 Å². The minimum atomic E-state index is -0.187. The molecule has 0 spiro atoms.